The van der Waals surface area contributed by atoms with Crippen LogP contribution in [0.4, 0.5) is 27.4 Å². The summed E-state index contributed by atoms with van der Waals surface area (Å²) >= 11 is 3.18. The molecule has 19 heavy (non-hydrogen) atoms. The van der Waals surface area contributed by atoms with Crippen LogP contribution in [0.25, 0.3) is 0 Å². The third-order valence-corrected chi connectivity index (χ3v) is 2.92. The number of nitrogens with zero attached hydrogens (tertiary/aromatic N) is 2. The lowest BCUT2D eigenvalue weighted by Gasteiger charge is -2.09. The minimum atomic E-state index is -0.598. The Morgan fingerprint density at radius 1 is 1.42 bits per heavy atom. The van der Waals surface area contributed by atoms with Crippen LogP contribution >= 0.6 is 15.9 Å². The maximum absolute atomic E-state index is 13.6. The lowest BCUT2D eigenvalue weighted by Crippen LogP contribution is -2.01. The van der Waals surface area contributed by atoms with Gasteiger partial charge in [-0.2, -0.15) is 0 Å². The number of para-hydroxylation sites is 1. The Bertz CT molecular complexity index is 630. The van der Waals surface area contributed by atoms with E-state index < -0.39 is 10.7 Å². The second-order valence-corrected chi connectivity index (χ2v) is 4.47. The van der Waals surface area contributed by atoms with Gasteiger partial charge in [0.15, 0.2) is 0 Å². The summed E-state index contributed by atoms with van der Waals surface area (Å²) in [7, 11) is 0. The van der Waals surface area contributed by atoms with Crippen molar-refractivity contribution in [2.24, 2.45) is 0 Å². The summed E-state index contributed by atoms with van der Waals surface area (Å²) in [6, 6.07) is 6.72. The zero-order valence-electron chi connectivity index (χ0n) is 9.43. The normalized spacial score (nSPS) is 10.2. The first-order chi connectivity index (χ1) is 8.97. The van der Waals surface area contributed by atoms with E-state index >= 15 is 0 Å². The molecule has 8 heteroatoms. The number of anilines is 3. The number of hydrogen-bond donors (Lipinski definition) is 2. The van der Waals surface area contributed by atoms with E-state index in [0.717, 1.165) is 6.07 Å². The van der Waals surface area contributed by atoms with Crippen LogP contribution in [0.15, 0.2) is 34.8 Å². The van der Waals surface area contributed by atoms with Crippen molar-refractivity contribution in [2.75, 3.05) is 11.1 Å². The molecule has 0 aliphatic heterocycles. The van der Waals surface area contributed by atoms with Gasteiger partial charge in [-0.25, -0.2) is 9.37 Å². The molecule has 0 unspecified atom stereocenters. The second-order valence-electron chi connectivity index (χ2n) is 3.61. The highest BCUT2D eigenvalue weighted by Crippen LogP contribution is 2.29. The molecule has 2 aromatic rings. The number of halogens is 2. The lowest BCUT2D eigenvalue weighted by molar-refractivity contribution is -0.384. The van der Waals surface area contributed by atoms with Gasteiger partial charge >= 0.3 is 0 Å². The molecule has 6 nitrogen and oxygen atoms in total. The van der Waals surface area contributed by atoms with Crippen LogP contribution < -0.4 is 11.1 Å². The van der Waals surface area contributed by atoms with Gasteiger partial charge in [0, 0.05) is 4.47 Å². The predicted octanol–water partition coefficient (Wildman–Crippen LogP) is 3.22. The minimum Gasteiger partial charge on any atom is -0.383 e. The third-order valence-electron chi connectivity index (χ3n) is 2.26. The van der Waals surface area contributed by atoms with Gasteiger partial charge in [-0.3, -0.25) is 10.1 Å². The fourth-order valence-electron chi connectivity index (χ4n) is 1.45. The molecule has 0 aliphatic carbocycles. The summed E-state index contributed by atoms with van der Waals surface area (Å²) in [5.74, 6) is -0.442. The molecule has 0 fully saturated rings. The largest absolute Gasteiger partial charge is 0.383 e. The summed E-state index contributed by atoms with van der Waals surface area (Å²) in [6.45, 7) is 0. The SMILES string of the molecule is Nc1cc([N+](=O)[O-])cc(Nc2c(F)cccc2Br)n1. The molecule has 0 atom stereocenters. The monoisotopic (exact) mass is 326 g/mol. The highest BCUT2D eigenvalue weighted by Gasteiger charge is 2.12. The molecule has 0 spiro atoms. The lowest BCUT2D eigenvalue weighted by atomic mass is 10.3. The van der Waals surface area contributed by atoms with Gasteiger partial charge in [0.1, 0.15) is 17.5 Å². The number of aromatic nitrogens is 1. The number of nitrogen functional groups attached to an aromatic ring is 1. The molecule has 0 radical (unpaired) electrons. The number of rotatable bonds is 3. The molecular weight excluding hydrogens is 319 g/mol. The molecule has 1 aromatic heterocycles. The highest BCUT2D eigenvalue weighted by atomic mass is 79.9. The summed E-state index contributed by atoms with van der Waals surface area (Å²) < 4.78 is 14.1. The quantitative estimate of drug-likeness (QED) is 0.667. The molecule has 0 aliphatic rings. The van der Waals surface area contributed by atoms with Crippen LogP contribution in [-0.4, -0.2) is 9.91 Å². The Morgan fingerprint density at radius 3 is 2.79 bits per heavy atom. The van der Waals surface area contributed by atoms with Gasteiger partial charge < -0.3 is 11.1 Å². The molecule has 2 rings (SSSR count). The summed E-state index contributed by atoms with van der Waals surface area (Å²) in [5, 5.41) is 13.4. The Kier molecular flexibility index (Phi) is 3.61. The molecule has 0 saturated carbocycles. The first-order valence-corrected chi connectivity index (χ1v) is 5.89. The smallest absolute Gasteiger partial charge is 0.276 e. The molecular formula is C11H8BrFN4O2. The molecule has 0 amide bonds. The van der Waals surface area contributed by atoms with E-state index in [1.165, 1.54) is 18.2 Å². The fourth-order valence-corrected chi connectivity index (χ4v) is 1.89. The Morgan fingerprint density at radius 2 is 2.16 bits per heavy atom. The Labute approximate surface area is 115 Å². The number of pyridine rings is 1. The van der Waals surface area contributed by atoms with Gasteiger partial charge in [0.2, 0.25) is 0 Å². The van der Waals surface area contributed by atoms with E-state index in [1.54, 1.807) is 6.07 Å². The van der Waals surface area contributed by atoms with Crippen molar-refractivity contribution in [3.05, 3.63) is 50.7 Å². The third kappa shape index (κ3) is 2.97. The van der Waals surface area contributed by atoms with Crippen LogP contribution in [0.1, 0.15) is 0 Å². The maximum atomic E-state index is 13.6. The minimum absolute atomic E-state index is 0.0239. The van der Waals surface area contributed by atoms with E-state index in [2.05, 4.69) is 26.2 Å². The standard InChI is InChI=1S/C11H8BrFN4O2/c12-7-2-1-3-8(13)11(7)16-10-5-6(17(18)19)4-9(14)15-10/h1-5H,(H3,14,15,16). The van der Waals surface area contributed by atoms with Gasteiger partial charge in [0.05, 0.1) is 22.7 Å². The first kappa shape index (κ1) is 13.2. The second kappa shape index (κ2) is 5.19. The maximum Gasteiger partial charge on any atom is 0.276 e. The van der Waals surface area contributed by atoms with Gasteiger partial charge in [0.25, 0.3) is 5.69 Å². The topological polar surface area (TPSA) is 94.1 Å². The summed E-state index contributed by atoms with van der Waals surface area (Å²) in [5.41, 5.74) is 5.38. The number of nitro groups is 1. The average molecular weight is 327 g/mol. The average Bonchev–Trinajstić information content (AvgIpc) is 2.33. The summed E-state index contributed by atoms with van der Waals surface area (Å²) in [4.78, 5) is 14.0. The van der Waals surface area contributed by atoms with Crippen LogP contribution in [-0.2, 0) is 0 Å². The van der Waals surface area contributed by atoms with Crippen molar-refractivity contribution in [1.29, 1.82) is 0 Å². The summed E-state index contributed by atoms with van der Waals surface area (Å²) in [6.07, 6.45) is 0. The highest BCUT2D eigenvalue weighted by molar-refractivity contribution is 9.10. The molecule has 98 valence electrons. The number of benzene rings is 1. The van der Waals surface area contributed by atoms with Crippen molar-refractivity contribution < 1.29 is 9.31 Å². The molecule has 0 bridgehead atoms. The van der Waals surface area contributed by atoms with E-state index in [9.17, 15) is 14.5 Å². The fraction of sp³-hybridized carbons (Fsp3) is 0. The first-order valence-electron chi connectivity index (χ1n) is 5.10. The number of hydrogen-bond acceptors (Lipinski definition) is 5. The Hall–Kier alpha value is -2.22. The Balaban J connectivity index is 2.41. The van der Waals surface area contributed by atoms with Gasteiger partial charge in [-0.1, -0.05) is 6.07 Å². The van der Waals surface area contributed by atoms with Crippen LogP contribution in [0.2, 0.25) is 0 Å². The molecule has 1 aromatic carbocycles. The zero-order valence-corrected chi connectivity index (χ0v) is 11.0. The van der Waals surface area contributed by atoms with E-state index in [1.807, 2.05) is 0 Å². The van der Waals surface area contributed by atoms with E-state index in [4.69, 9.17) is 5.73 Å². The number of nitrogens with two attached hydrogens (primary N) is 1. The van der Waals surface area contributed by atoms with Crippen molar-refractivity contribution in [1.82, 2.24) is 4.98 Å². The van der Waals surface area contributed by atoms with Crippen molar-refractivity contribution in [2.45, 2.75) is 0 Å². The molecule has 0 saturated heterocycles. The van der Waals surface area contributed by atoms with Crippen LogP contribution in [0.3, 0.4) is 0 Å². The van der Waals surface area contributed by atoms with E-state index in [0.29, 0.717) is 4.47 Å². The molecule has 3 N–H and O–H groups in total. The van der Waals surface area contributed by atoms with Crippen LogP contribution in [0, 0.1) is 15.9 Å². The van der Waals surface area contributed by atoms with Crippen LogP contribution in [0.5, 0.6) is 0 Å². The van der Waals surface area contributed by atoms with E-state index in [-0.39, 0.29) is 23.0 Å². The van der Waals surface area contributed by atoms with Crippen molar-refractivity contribution in [3.8, 4) is 0 Å². The molecule has 1 heterocycles. The predicted molar refractivity (Wildman–Crippen MR) is 72.7 cm³/mol. The number of nitrogens with one attached hydrogen (secondary N) is 1. The van der Waals surface area contributed by atoms with Crippen molar-refractivity contribution >= 4 is 38.9 Å². The van der Waals surface area contributed by atoms with Gasteiger partial charge in [-0.05, 0) is 28.1 Å². The zero-order chi connectivity index (χ0) is 14.0. The van der Waals surface area contributed by atoms with Crippen molar-refractivity contribution in [3.63, 3.8) is 0 Å². The van der Waals surface area contributed by atoms with Gasteiger partial charge in [-0.15, -0.1) is 0 Å².